The molecule has 0 bridgehead atoms. The van der Waals surface area contributed by atoms with Crippen LogP contribution < -0.4 is 5.32 Å². The molecule has 0 radical (unpaired) electrons. The smallest absolute Gasteiger partial charge is 0.0329 e. The van der Waals surface area contributed by atoms with E-state index in [1.54, 1.807) is 0 Å². The fraction of sp³-hybridized carbons (Fsp3) is 0.714. The largest absolute Gasteiger partial charge is 0.315 e. The highest BCUT2D eigenvalue weighted by Gasteiger charge is 2.30. The molecular weight excluding hydrogens is 242 g/mol. The Balaban J connectivity index is 1.55. The van der Waals surface area contributed by atoms with Crippen molar-refractivity contribution in [1.82, 2.24) is 15.1 Å². The Morgan fingerprint density at radius 1 is 1.28 bits per heavy atom. The minimum absolute atomic E-state index is 0.843. The van der Waals surface area contributed by atoms with Crippen LogP contribution in [0.25, 0.3) is 0 Å². The van der Waals surface area contributed by atoms with Gasteiger partial charge < -0.3 is 5.32 Å². The average Bonchev–Trinajstić information content (AvgIpc) is 2.98. The number of hydrogen-bond acceptors (Lipinski definition) is 4. The molecule has 100 valence electrons. The fourth-order valence-corrected chi connectivity index (χ4v) is 4.27. The van der Waals surface area contributed by atoms with E-state index in [4.69, 9.17) is 0 Å². The van der Waals surface area contributed by atoms with E-state index in [1.165, 1.54) is 48.8 Å². The van der Waals surface area contributed by atoms with Crippen molar-refractivity contribution >= 4 is 11.3 Å². The van der Waals surface area contributed by atoms with Gasteiger partial charge in [0.1, 0.15) is 0 Å². The minimum Gasteiger partial charge on any atom is -0.315 e. The predicted molar refractivity (Wildman–Crippen MR) is 77.0 cm³/mol. The molecule has 4 heteroatoms. The van der Waals surface area contributed by atoms with Gasteiger partial charge in [-0.2, -0.15) is 0 Å². The molecule has 0 spiro atoms. The van der Waals surface area contributed by atoms with Crippen molar-refractivity contribution < 1.29 is 0 Å². The van der Waals surface area contributed by atoms with E-state index in [9.17, 15) is 0 Å². The lowest BCUT2D eigenvalue weighted by molar-refractivity contribution is 0.100. The summed E-state index contributed by atoms with van der Waals surface area (Å²) >= 11 is 1.96. The van der Waals surface area contributed by atoms with Crippen molar-refractivity contribution in [2.45, 2.75) is 32.0 Å². The van der Waals surface area contributed by atoms with E-state index in [0.29, 0.717) is 0 Å². The Kier molecular flexibility index (Phi) is 3.99. The van der Waals surface area contributed by atoms with Crippen LogP contribution in [0.5, 0.6) is 0 Å². The van der Waals surface area contributed by atoms with Crippen LogP contribution in [0.3, 0.4) is 0 Å². The van der Waals surface area contributed by atoms with E-state index in [0.717, 1.165) is 19.1 Å². The van der Waals surface area contributed by atoms with Crippen LogP contribution in [0.15, 0.2) is 12.1 Å². The van der Waals surface area contributed by atoms with Crippen LogP contribution in [0.2, 0.25) is 0 Å². The van der Waals surface area contributed by atoms with Crippen molar-refractivity contribution in [3.63, 3.8) is 0 Å². The van der Waals surface area contributed by atoms with Crippen molar-refractivity contribution in [3.05, 3.63) is 21.9 Å². The van der Waals surface area contributed by atoms with Gasteiger partial charge in [-0.3, -0.25) is 9.80 Å². The summed E-state index contributed by atoms with van der Waals surface area (Å²) < 4.78 is 0. The Labute approximate surface area is 114 Å². The van der Waals surface area contributed by atoms with Crippen molar-refractivity contribution in [2.24, 2.45) is 0 Å². The lowest BCUT2D eigenvalue weighted by Gasteiger charge is -2.37. The molecule has 2 fully saturated rings. The van der Waals surface area contributed by atoms with Gasteiger partial charge in [-0.25, -0.2) is 0 Å². The second-order valence-corrected chi connectivity index (χ2v) is 6.72. The molecule has 3 heterocycles. The zero-order chi connectivity index (χ0) is 12.4. The summed E-state index contributed by atoms with van der Waals surface area (Å²) in [7, 11) is 2.01. The minimum atomic E-state index is 0.843. The maximum atomic E-state index is 3.22. The van der Waals surface area contributed by atoms with E-state index in [-0.39, 0.29) is 0 Å². The number of hydrogen-bond donors (Lipinski definition) is 1. The molecule has 0 aliphatic carbocycles. The monoisotopic (exact) mass is 265 g/mol. The van der Waals surface area contributed by atoms with Crippen molar-refractivity contribution in [2.75, 3.05) is 33.2 Å². The van der Waals surface area contributed by atoms with Crippen LogP contribution >= 0.6 is 11.3 Å². The molecule has 2 aliphatic rings. The topological polar surface area (TPSA) is 18.5 Å². The number of nitrogens with one attached hydrogen (secondary N) is 1. The Morgan fingerprint density at radius 3 is 3.06 bits per heavy atom. The highest BCUT2D eigenvalue weighted by atomic mass is 32.1. The number of piperazine rings is 1. The van der Waals surface area contributed by atoms with E-state index in [1.807, 2.05) is 18.4 Å². The second kappa shape index (κ2) is 5.70. The van der Waals surface area contributed by atoms with Gasteiger partial charge in [-0.05, 0) is 38.6 Å². The fourth-order valence-electron chi connectivity index (χ4n) is 3.20. The zero-order valence-electron chi connectivity index (χ0n) is 11.2. The number of thiophene rings is 1. The van der Waals surface area contributed by atoms with Gasteiger partial charge >= 0.3 is 0 Å². The van der Waals surface area contributed by atoms with E-state index in [2.05, 4.69) is 27.2 Å². The standard InChI is InChI=1S/C14H23N3S/c1-15-9-13-4-5-14(18-13)11-16-7-8-17-6-2-3-12(17)10-16/h4-5,12,15H,2-3,6-11H2,1H3. The van der Waals surface area contributed by atoms with Crippen LogP contribution in [0.1, 0.15) is 22.6 Å². The highest BCUT2D eigenvalue weighted by molar-refractivity contribution is 7.11. The first-order chi connectivity index (χ1) is 8.85. The van der Waals surface area contributed by atoms with Gasteiger partial charge in [0.05, 0.1) is 0 Å². The van der Waals surface area contributed by atoms with Gasteiger partial charge in [0.2, 0.25) is 0 Å². The molecule has 1 aromatic rings. The summed E-state index contributed by atoms with van der Waals surface area (Å²) in [6, 6.07) is 5.41. The zero-order valence-corrected chi connectivity index (χ0v) is 12.0. The first-order valence-electron chi connectivity index (χ1n) is 7.04. The summed E-state index contributed by atoms with van der Waals surface area (Å²) in [6.07, 6.45) is 2.82. The highest BCUT2D eigenvalue weighted by Crippen LogP contribution is 2.24. The molecular formula is C14H23N3S. The van der Waals surface area contributed by atoms with Crippen molar-refractivity contribution in [3.8, 4) is 0 Å². The van der Waals surface area contributed by atoms with Crippen LogP contribution in [-0.2, 0) is 13.1 Å². The molecule has 1 N–H and O–H groups in total. The lowest BCUT2D eigenvalue weighted by Crippen LogP contribution is -2.49. The summed E-state index contributed by atoms with van der Waals surface area (Å²) in [5, 5.41) is 3.22. The molecule has 1 unspecified atom stereocenters. The molecule has 3 rings (SSSR count). The van der Waals surface area contributed by atoms with Gasteiger partial charge in [0.25, 0.3) is 0 Å². The molecule has 1 aromatic heterocycles. The molecule has 2 saturated heterocycles. The number of rotatable bonds is 4. The number of nitrogens with zero attached hydrogens (tertiary/aromatic N) is 2. The lowest BCUT2D eigenvalue weighted by atomic mass is 10.1. The molecule has 18 heavy (non-hydrogen) atoms. The SMILES string of the molecule is CNCc1ccc(CN2CCN3CCCC3C2)s1. The first-order valence-corrected chi connectivity index (χ1v) is 7.85. The van der Waals surface area contributed by atoms with E-state index < -0.39 is 0 Å². The number of fused-ring (bicyclic) bond motifs is 1. The van der Waals surface area contributed by atoms with Gasteiger partial charge in [0.15, 0.2) is 0 Å². The summed E-state index contributed by atoms with van der Waals surface area (Å²) in [5.74, 6) is 0. The van der Waals surface area contributed by atoms with Gasteiger partial charge in [-0.1, -0.05) is 0 Å². The quantitative estimate of drug-likeness (QED) is 0.895. The summed E-state index contributed by atoms with van der Waals surface area (Å²) in [4.78, 5) is 8.29. The van der Waals surface area contributed by atoms with Crippen LogP contribution in [-0.4, -0.2) is 49.1 Å². The summed E-state index contributed by atoms with van der Waals surface area (Å²) in [6.45, 7) is 7.29. The third-order valence-electron chi connectivity index (χ3n) is 4.12. The van der Waals surface area contributed by atoms with Gasteiger partial charge in [-0.15, -0.1) is 11.3 Å². The van der Waals surface area contributed by atoms with Crippen molar-refractivity contribution in [1.29, 1.82) is 0 Å². The molecule has 0 amide bonds. The first kappa shape index (κ1) is 12.6. The Hall–Kier alpha value is -0.420. The maximum Gasteiger partial charge on any atom is 0.0329 e. The van der Waals surface area contributed by atoms with E-state index >= 15 is 0 Å². The Bertz CT molecular complexity index is 390. The Morgan fingerprint density at radius 2 is 2.17 bits per heavy atom. The second-order valence-electron chi connectivity index (χ2n) is 5.47. The van der Waals surface area contributed by atoms with Crippen LogP contribution in [0, 0.1) is 0 Å². The third kappa shape index (κ3) is 2.77. The molecule has 0 saturated carbocycles. The molecule has 3 nitrogen and oxygen atoms in total. The third-order valence-corrected chi connectivity index (χ3v) is 5.19. The summed E-state index contributed by atoms with van der Waals surface area (Å²) in [5.41, 5.74) is 0. The average molecular weight is 265 g/mol. The predicted octanol–water partition coefficient (Wildman–Crippen LogP) is 1.75. The van der Waals surface area contributed by atoms with Crippen LogP contribution in [0.4, 0.5) is 0 Å². The normalized spacial score (nSPS) is 25.5. The van der Waals surface area contributed by atoms with Gasteiger partial charge in [0, 0.05) is 48.5 Å². The molecule has 2 aliphatic heterocycles. The molecule has 0 aromatic carbocycles. The molecule has 1 atom stereocenters. The maximum absolute atomic E-state index is 3.22.